The molecule has 0 aliphatic rings. The van der Waals surface area contributed by atoms with E-state index in [1.165, 1.54) is 0 Å². The number of hydrogen-bond donors (Lipinski definition) is 0. The zero-order chi connectivity index (χ0) is 11.4. The number of carbonyl (C=O) groups is 1. The van der Waals surface area contributed by atoms with Crippen LogP contribution in [0.25, 0.3) is 0 Å². The van der Waals surface area contributed by atoms with E-state index in [1.54, 1.807) is 12.2 Å². The van der Waals surface area contributed by atoms with Gasteiger partial charge in [-0.15, -0.1) is 0 Å². The van der Waals surface area contributed by atoms with E-state index in [9.17, 15) is 4.79 Å². The van der Waals surface area contributed by atoms with Crippen LogP contribution in [0, 0.1) is 5.41 Å². The van der Waals surface area contributed by atoms with Crippen molar-refractivity contribution in [3.05, 3.63) is 36.0 Å². The Balaban J connectivity index is 5.03. The number of ketones is 1. The van der Waals surface area contributed by atoms with Gasteiger partial charge in [0.15, 0.2) is 5.78 Å². The Kier molecular flexibility index (Phi) is 4.55. The van der Waals surface area contributed by atoms with E-state index in [2.05, 4.69) is 6.58 Å². The van der Waals surface area contributed by atoms with Crippen LogP contribution in [0.3, 0.4) is 0 Å². The van der Waals surface area contributed by atoms with Crippen molar-refractivity contribution in [1.29, 1.82) is 0 Å². The first kappa shape index (κ1) is 12.9. The maximum Gasteiger partial charge on any atom is 0.184 e. The van der Waals surface area contributed by atoms with Crippen molar-refractivity contribution in [3.8, 4) is 0 Å². The minimum Gasteiger partial charge on any atom is -0.289 e. The van der Waals surface area contributed by atoms with E-state index in [1.807, 2.05) is 40.7 Å². The second kappa shape index (κ2) is 4.94. The molecule has 14 heavy (non-hydrogen) atoms. The van der Waals surface area contributed by atoms with Crippen molar-refractivity contribution in [2.45, 2.75) is 34.6 Å². The van der Waals surface area contributed by atoms with Gasteiger partial charge in [-0.3, -0.25) is 4.79 Å². The molecular formula is C13H20O. The van der Waals surface area contributed by atoms with Gasteiger partial charge >= 0.3 is 0 Å². The molecule has 0 aromatic rings. The number of Topliss-reactive ketones (excluding diaryl/α,β-unsaturated/α-hetero) is 1. The summed E-state index contributed by atoms with van der Waals surface area (Å²) in [6.45, 7) is 13.4. The van der Waals surface area contributed by atoms with Gasteiger partial charge in [-0.1, -0.05) is 45.6 Å². The van der Waals surface area contributed by atoms with Crippen LogP contribution in [0.2, 0.25) is 0 Å². The molecule has 78 valence electrons. The lowest BCUT2D eigenvalue weighted by Gasteiger charge is -2.21. The Morgan fingerprint density at radius 2 is 1.79 bits per heavy atom. The van der Waals surface area contributed by atoms with Crippen LogP contribution >= 0.6 is 0 Å². The van der Waals surface area contributed by atoms with Crippen LogP contribution in [0.4, 0.5) is 0 Å². The van der Waals surface area contributed by atoms with Gasteiger partial charge in [-0.2, -0.15) is 0 Å². The van der Waals surface area contributed by atoms with Crippen LogP contribution in [0.1, 0.15) is 34.6 Å². The second-order valence-electron chi connectivity index (χ2n) is 4.37. The molecule has 0 aromatic carbocycles. The van der Waals surface area contributed by atoms with E-state index in [4.69, 9.17) is 0 Å². The third-order valence-electron chi connectivity index (χ3n) is 2.07. The minimum absolute atomic E-state index is 0.0951. The molecule has 0 atom stereocenters. The lowest BCUT2D eigenvalue weighted by atomic mass is 9.82. The topological polar surface area (TPSA) is 17.1 Å². The molecule has 0 bridgehead atoms. The summed E-state index contributed by atoms with van der Waals surface area (Å²) in [5.41, 5.74) is 1.50. The van der Waals surface area contributed by atoms with Gasteiger partial charge in [0, 0.05) is 5.57 Å². The maximum absolute atomic E-state index is 11.9. The quantitative estimate of drug-likeness (QED) is 0.492. The van der Waals surface area contributed by atoms with Crippen LogP contribution < -0.4 is 0 Å². The zero-order valence-electron chi connectivity index (χ0n) is 9.85. The SMILES string of the molecule is C=C/C=C(/C)C(=O)/C(=C\C)C(C)(C)C. The highest BCUT2D eigenvalue weighted by Gasteiger charge is 2.23. The first-order valence-electron chi connectivity index (χ1n) is 4.85. The summed E-state index contributed by atoms with van der Waals surface area (Å²) in [6, 6.07) is 0. The summed E-state index contributed by atoms with van der Waals surface area (Å²) in [7, 11) is 0. The van der Waals surface area contributed by atoms with Gasteiger partial charge in [-0.05, 0) is 24.8 Å². The van der Waals surface area contributed by atoms with E-state index in [0.29, 0.717) is 0 Å². The van der Waals surface area contributed by atoms with Crippen LogP contribution in [0.15, 0.2) is 36.0 Å². The molecule has 1 heteroatoms. The Labute approximate surface area is 87.2 Å². The van der Waals surface area contributed by atoms with Crippen LogP contribution in [-0.2, 0) is 4.79 Å². The number of rotatable bonds is 3. The minimum atomic E-state index is -0.0951. The molecule has 0 N–H and O–H groups in total. The third kappa shape index (κ3) is 3.33. The monoisotopic (exact) mass is 192 g/mol. The maximum atomic E-state index is 11.9. The molecule has 0 unspecified atom stereocenters. The molecule has 0 saturated carbocycles. The fraction of sp³-hybridized carbons (Fsp3) is 0.462. The van der Waals surface area contributed by atoms with Gasteiger partial charge < -0.3 is 0 Å². The number of carbonyl (C=O) groups excluding carboxylic acids is 1. The standard InChI is InChI=1S/C13H20O/c1-7-9-10(3)12(14)11(8-2)13(4,5)6/h7-9H,1H2,2-6H3/b10-9-,11-8+. The van der Waals surface area contributed by atoms with Crippen molar-refractivity contribution >= 4 is 5.78 Å². The van der Waals surface area contributed by atoms with Crippen molar-refractivity contribution in [3.63, 3.8) is 0 Å². The number of allylic oxidation sites excluding steroid dienone is 5. The lowest BCUT2D eigenvalue weighted by Crippen LogP contribution is -2.18. The molecule has 0 fully saturated rings. The fourth-order valence-electron chi connectivity index (χ4n) is 1.37. The van der Waals surface area contributed by atoms with E-state index in [-0.39, 0.29) is 11.2 Å². The third-order valence-corrected chi connectivity index (χ3v) is 2.07. The normalized spacial score (nSPS) is 14.1. The molecule has 0 aromatic heterocycles. The molecule has 0 aliphatic heterocycles. The zero-order valence-corrected chi connectivity index (χ0v) is 9.85. The molecule has 0 heterocycles. The van der Waals surface area contributed by atoms with Crippen molar-refractivity contribution < 1.29 is 4.79 Å². The highest BCUT2D eigenvalue weighted by atomic mass is 16.1. The van der Waals surface area contributed by atoms with Crippen molar-refractivity contribution in [2.75, 3.05) is 0 Å². The Hall–Kier alpha value is -1.11. The van der Waals surface area contributed by atoms with Gasteiger partial charge in [0.2, 0.25) is 0 Å². The predicted molar refractivity (Wildman–Crippen MR) is 62.2 cm³/mol. The average Bonchev–Trinajstić information content (AvgIpc) is 2.03. The Morgan fingerprint density at radius 3 is 2.07 bits per heavy atom. The Bertz CT molecular complexity index is 285. The van der Waals surface area contributed by atoms with E-state index < -0.39 is 0 Å². The molecule has 0 radical (unpaired) electrons. The first-order valence-corrected chi connectivity index (χ1v) is 4.85. The summed E-state index contributed by atoms with van der Waals surface area (Å²) < 4.78 is 0. The van der Waals surface area contributed by atoms with Gasteiger partial charge in [0.05, 0.1) is 0 Å². The average molecular weight is 192 g/mol. The summed E-state index contributed by atoms with van der Waals surface area (Å²) in [4.78, 5) is 11.9. The molecule has 0 spiro atoms. The molecule has 0 amide bonds. The summed E-state index contributed by atoms with van der Waals surface area (Å²) >= 11 is 0. The van der Waals surface area contributed by atoms with E-state index >= 15 is 0 Å². The highest BCUT2D eigenvalue weighted by Crippen LogP contribution is 2.27. The summed E-state index contributed by atoms with van der Waals surface area (Å²) in [5.74, 6) is 0.111. The van der Waals surface area contributed by atoms with E-state index in [0.717, 1.165) is 11.1 Å². The molecule has 0 rings (SSSR count). The summed E-state index contributed by atoms with van der Waals surface area (Å²) in [6.07, 6.45) is 5.28. The fourth-order valence-corrected chi connectivity index (χ4v) is 1.37. The molecule has 0 saturated heterocycles. The molecular weight excluding hydrogens is 172 g/mol. The second-order valence-corrected chi connectivity index (χ2v) is 4.37. The molecule has 0 aliphatic carbocycles. The Morgan fingerprint density at radius 1 is 1.29 bits per heavy atom. The first-order chi connectivity index (χ1) is 6.34. The van der Waals surface area contributed by atoms with Crippen LogP contribution in [0.5, 0.6) is 0 Å². The number of hydrogen-bond acceptors (Lipinski definition) is 1. The highest BCUT2D eigenvalue weighted by molar-refractivity contribution is 6.08. The van der Waals surface area contributed by atoms with Gasteiger partial charge in [-0.25, -0.2) is 0 Å². The molecule has 1 nitrogen and oxygen atoms in total. The summed E-state index contributed by atoms with van der Waals surface area (Å²) in [5, 5.41) is 0. The smallest absolute Gasteiger partial charge is 0.184 e. The predicted octanol–water partition coefficient (Wildman–Crippen LogP) is 3.68. The van der Waals surface area contributed by atoms with Crippen molar-refractivity contribution in [1.82, 2.24) is 0 Å². The van der Waals surface area contributed by atoms with Gasteiger partial charge in [0.25, 0.3) is 0 Å². The lowest BCUT2D eigenvalue weighted by molar-refractivity contribution is -0.113. The van der Waals surface area contributed by atoms with Crippen LogP contribution in [-0.4, -0.2) is 5.78 Å². The largest absolute Gasteiger partial charge is 0.289 e. The van der Waals surface area contributed by atoms with Gasteiger partial charge in [0.1, 0.15) is 0 Å². The van der Waals surface area contributed by atoms with Crippen molar-refractivity contribution in [2.24, 2.45) is 5.41 Å².